The molecule has 1 aromatic heterocycles. The SMILES string of the molecule is O=C(NCC=Cc1ccccc1)c1ccco1. The molecule has 1 amide bonds. The van der Waals surface area contributed by atoms with Crippen molar-refractivity contribution < 1.29 is 9.21 Å². The van der Waals surface area contributed by atoms with E-state index in [4.69, 9.17) is 4.42 Å². The number of furan rings is 1. The lowest BCUT2D eigenvalue weighted by atomic mass is 10.2. The maximum absolute atomic E-state index is 11.5. The van der Waals surface area contributed by atoms with Crippen molar-refractivity contribution in [3.05, 3.63) is 66.1 Å². The minimum atomic E-state index is -0.201. The zero-order valence-corrected chi connectivity index (χ0v) is 9.30. The summed E-state index contributed by atoms with van der Waals surface area (Å²) in [7, 11) is 0. The van der Waals surface area contributed by atoms with Gasteiger partial charge >= 0.3 is 0 Å². The maximum atomic E-state index is 11.5. The molecular weight excluding hydrogens is 214 g/mol. The van der Waals surface area contributed by atoms with Gasteiger partial charge in [0.25, 0.3) is 5.91 Å². The summed E-state index contributed by atoms with van der Waals surface area (Å²) >= 11 is 0. The van der Waals surface area contributed by atoms with Crippen LogP contribution in [0.4, 0.5) is 0 Å². The van der Waals surface area contributed by atoms with Gasteiger partial charge in [0.15, 0.2) is 5.76 Å². The van der Waals surface area contributed by atoms with Gasteiger partial charge in [-0.15, -0.1) is 0 Å². The third-order valence-corrected chi connectivity index (χ3v) is 2.24. The van der Waals surface area contributed by atoms with Crippen LogP contribution >= 0.6 is 0 Å². The van der Waals surface area contributed by atoms with Crippen molar-refractivity contribution >= 4 is 12.0 Å². The molecule has 2 rings (SSSR count). The predicted molar refractivity (Wildman–Crippen MR) is 66.5 cm³/mol. The first-order chi connectivity index (χ1) is 8.36. The Labute approximate surface area is 99.8 Å². The number of rotatable bonds is 4. The van der Waals surface area contributed by atoms with Crippen molar-refractivity contribution in [3.63, 3.8) is 0 Å². The van der Waals surface area contributed by atoms with Gasteiger partial charge in [-0.05, 0) is 17.7 Å². The molecule has 0 aliphatic rings. The third-order valence-electron chi connectivity index (χ3n) is 2.24. The summed E-state index contributed by atoms with van der Waals surface area (Å²) in [5.74, 6) is 0.130. The molecule has 2 aromatic rings. The van der Waals surface area contributed by atoms with Crippen LogP contribution in [0.5, 0.6) is 0 Å². The van der Waals surface area contributed by atoms with Crippen LogP contribution in [0.2, 0.25) is 0 Å². The first-order valence-corrected chi connectivity index (χ1v) is 5.39. The van der Waals surface area contributed by atoms with Crippen molar-refractivity contribution in [3.8, 4) is 0 Å². The number of nitrogens with one attached hydrogen (secondary N) is 1. The highest BCUT2D eigenvalue weighted by Gasteiger charge is 2.05. The third kappa shape index (κ3) is 3.34. The fourth-order valence-electron chi connectivity index (χ4n) is 1.41. The summed E-state index contributed by atoms with van der Waals surface area (Å²) < 4.78 is 4.97. The van der Waals surface area contributed by atoms with E-state index in [-0.39, 0.29) is 5.91 Å². The quantitative estimate of drug-likeness (QED) is 0.872. The fraction of sp³-hybridized carbons (Fsp3) is 0.0714. The second kappa shape index (κ2) is 5.70. The highest BCUT2D eigenvalue weighted by molar-refractivity contribution is 5.91. The molecule has 0 aliphatic heterocycles. The first kappa shape index (κ1) is 11.2. The maximum Gasteiger partial charge on any atom is 0.287 e. The predicted octanol–water partition coefficient (Wildman–Crippen LogP) is 2.72. The van der Waals surface area contributed by atoms with Crippen LogP contribution in [0.15, 0.2) is 59.2 Å². The van der Waals surface area contributed by atoms with Gasteiger partial charge in [0.2, 0.25) is 0 Å². The highest BCUT2D eigenvalue weighted by Crippen LogP contribution is 2.01. The van der Waals surface area contributed by atoms with E-state index >= 15 is 0 Å². The Balaban J connectivity index is 1.80. The number of benzene rings is 1. The molecule has 86 valence electrons. The van der Waals surface area contributed by atoms with Gasteiger partial charge in [-0.3, -0.25) is 4.79 Å². The Morgan fingerprint density at radius 1 is 1.18 bits per heavy atom. The Morgan fingerprint density at radius 2 is 2.00 bits per heavy atom. The van der Waals surface area contributed by atoms with Crippen LogP contribution in [0, 0.1) is 0 Å². The van der Waals surface area contributed by atoms with Crippen LogP contribution < -0.4 is 5.32 Å². The van der Waals surface area contributed by atoms with Gasteiger partial charge in [-0.2, -0.15) is 0 Å². The summed E-state index contributed by atoms with van der Waals surface area (Å²) in [4.78, 5) is 11.5. The molecule has 1 N–H and O–H groups in total. The Hall–Kier alpha value is -2.29. The van der Waals surface area contributed by atoms with Crippen LogP contribution in [0.1, 0.15) is 16.1 Å². The molecule has 1 heterocycles. The van der Waals surface area contributed by atoms with E-state index in [0.29, 0.717) is 12.3 Å². The second-order valence-electron chi connectivity index (χ2n) is 3.50. The molecule has 0 bridgehead atoms. The van der Waals surface area contributed by atoms with E-state index in [9.17, 15) is 4.79 Å². The van der Waals surface area contributed by atoms with Crippen LogP contribution in [-0.2, 0) is 0 Å². The lowest BCUT2D eigenvalue weighted by Crippen LogP contribution is -2.22. The van der Waals surface area contributed by atoms with Gasteiger partial charge in [-0.1, -0.05) is 42.5 Å². The fourth-order valence-corrected chi connectivity index (χ4v) is 1.41. The summed E-state index contributed by atoms with van der Waals surface area (Å²) in [6, 6.07) is 13.2. The lowest BCUT2D eigenvalue weighted by molar-refractivity contribution is 0.0930. The lowest BCUT2D eigenvalue weighted by Gasteiger charge is -1.98. The number of hydrogen-bond donors (Lipinski definition) is 1. The summed E-state index contributed by atoms with van der Waals surface area (Å²) in [6.07, 6.45) is 5.34. The molecule has 0 fully saturated rings. The van der Waals surface area contributed by atoms with Gasteiger partial charge in [-0.25, -0.2) is 0 Å². The largest absolute Gasteiger partial charge is 0.459 e. The van der Waals surface area contributed by atoms with Crippen molar-refractivity contribution in [2.75, 3.05) is 6.54 Å². The summed E-state index contributed by atoms with van der Waals surface area (Å²) in [6.45, 7) is 0.481. The topological polar surface area (TPSA) is 42.2 Å². The smallest absolute Gasteiger partial charge is 0.287 e. The number of hydrogen-bond acceptors (Lipinski definition) is 2. The molecule has 3 nitrogen and oxygen atoms in total. The molecule has 0 radical (unpaired) electrons. The van der Waals surface area contributed by atoms with Gasteiger partial charge in [0.05, 0.1) is 6.26 Å². The monoisotopic (exact) mass is 227 g/mol. The number of amides is 1. The van der Waals surface area contributed by atoms with E-state index in [1.807, 2.05) is 42.5 Å². The van der Waals surface area contributed by atoms with Crippen LogP contribution in [0.25, 0.3) is 6.08 Å². The number of carbonyl (C=O) groups excluding carboxylic acids is 1. The van der Waals surface area contributed by atoms with Crippen molar-refractivity contribution in [2.24, 2.45) is 0 Å². The van der Waals surface area contributed by atoms with Crippen LogP contribution in [0.3, 0.4) is 0 Å². The standard InChI is InChI=1S/C14H13NO2/c16-14(13-9-5-11-17-13)15-10-4-8-12-6-2-1-3-7-12/h1-9,11H,10H2,(H,15,16). The first-order valence-electron chi connectivity index (χ1n) is 5.39. The van der Waals surface area contributed by atoms with E-state index in [1.165, 1.54) is 6.26 Å². The molecule has 0 unspecified atom stereocenters. The summed E-state index contributed by atoms with van der Waals surface area (Å²) in [5, 5.41) is 2.74. The molecule has 0 saturated heterocycles. The van der Waals surface area contributed by atoms with Crippen LogP contribution in [-0.4, -0.2) is 12.5 Å². The molecule has 17 heavy (non-hydrogen) atoms. The molecule has 0 spiro atoms. The zero-order valence-electron chi connectivity index (χ0n) is 9.30. The van der Waals surface area contributed by atoms with Crippen molar-refractivity contribution in [1.82, 2.24) is 5.32 Å². The van der Waals surface area contributed by atoms with E-state index in [1.54, 1.807) is 12.1 Å². The average Bonchev–Trinajstić information content (AvgIpc) is 2.89. The zero-order chi connectivity index (χ0) is 11.9. The molecule has 0 saturated carbocycles. The van der Waals surface area contributed by atoms with Gasteiger partial charge in [0, 0.05) is 6.54 Å². The molecule has 0 atom stereocenters. The minimum absolute atomic E-state index is 0.201. The molecule has 3 heteroatoms. The number of carbonyl (C=O) groups is 1. The normalized spacial score (nSPS) is 10.6. The Kier molecular flexibility index (Phi) is 3.76. The Morgan fingerprint density at radius 3 is 2.71 bits per heavy atom. The summed E-state index contributed by atoms with van der Waals surface area (Å²) in [5.41, 5.74) is 1.11. The second-order valence-corrected chi connectivity index (χ2v) is 3.50. The van der Waals surface area contributed by atoms with E-state index in [0.717, 1.165) is 5.56 Å². The minimum Gasteiger partial charge on any atom is -0.459 e. The Bertz CT molecular complexity index is 486. The van der Waals surface area contributed by atoms with Crippen molar-refractivity contribution in [1.29, 1.82) is 0 Å². The average molecular weight is 227 g/mol. The highest BCUT2D eigenvalue weighted by atomic mass is 16.3. The molecule has 1 aromatic carbocycles. The van der Waals surface area contributed by atoms with E-state index in [2.05, 4.69) is 5.32 Å². The van der Waals surface area contributed by atoms with Gasteiger partial charge < -0.3 is 9.73 Å². The van der Waals surface area contributed by atoms with E-state index < -0.39 is 0 Å². The molecular formula is C14H13NO2. The van der Waals surface area contributed by atoms with Crippen molar-refractivity contribution in [2.45, 2.75) is 0 Å². The van der Waals surface area contributed by atoms with Gasteiger partial charge in [0.1, 0.15) is 0 Å². The molecule has 0 aliphatic carbocycles.